The molecule has 0 aliphatic heterocycles. The molecule has 0 amide bonds. The molecule has 0 radical (unpaired) electrons. The summed E-state index contributed by atoms with van der Waals surface area (Å²) >= 11 is 0. The fourth-order valence-corrected chi connectivity index (χ4v) is 1.46. The summed E-state index contributed by atoms with van der Waals surface area (Å²) in [5.41, 5.74) is 0.582. The maximum absolute atomic E-state index is 11.5. The van der Waals surface area contributed by atoms with Crippen molar-refractivity contribution in [3.05, 3.63) is 29.8 Å². The van der Waals surface area contributed by atoms with Gasteiger partial charge in [-0.25, -0.2) is 0 Å². The monoisotopic (exact) mass is 204 g/mol. The highest BCUT2D eigenvalue weighted by molar-refractivity contribution is 5.77. The van der Waals surface area contributed by atoms with Crippen LogP contribution in [0.25, 0.3) is 0 Å². The molecule has 1 aromatic rings. The molecule has 0 atom stereocenters. The molecule has 0 spiro atoms. The summed E-state index contributed by atoms with van der Waals surface area (Å²) in [6.07, 6.45) is 3.75. The number of rotatable bonds is 3. The quantitative estimate of drug-likeness (QED) is 0.430. The molecular weight excluding hydrogens is 192 g/mol. The first kappa shape index (κ1) is 9.90. The lowest BCUT2D eigenvalue weighted by Gasteiger charge is -2.22. The lowest BCUT2D eigenvalue weighted by molar-refractivity contribution is -0.141. The van der Waals surface area contributed by atoms with Crippen LogP contribution in [0.5, 0.6) is 5.75 Å². The van der Waals surface area contributed by atoms with Crippen LogP contribution in [-0.4, -0.2) is 12.3 Å². The van der Waals surface area contributed by atoms with Gasteiger partial charge < -0.3 is 4.74 Å². The molecule has 0 heterocycles. The van der Waals surface area contributed by atoms with Gasteiger partial charge in [0.25, 0.3) is 0 Å². The summed E-state index contributed by atoms with van der Waals surface area (Å²) in [6, 6.07) is 6.55. The standard InChI is InChI=1S/C12H12O3/c13-8-9-4-6-11(7-5-9)15-12(14)10-2-1-3-10/h4-8,10H,1-3H2. The largest absolute Gasteiger partial charge is 0.426 e. The van der Waals surface area contributed by atoms with Crippen LogP contribution in [0.1, 0.15) is 29.6 Å². The molecule has 0 N–H and O–H groups in total. The Morgan fingerprint density at radius 1 is 1.27 bits per heavy atom. The van der Waals surface area contributed by atoms with Crippen molar-refractivity contribution in [1.29, 1.82) is 0 Å². The van der Waals surface area contributed by atoms with Crippen molar-refractivity contribution in [2.45, 2.75) is 19.3 Å². The van der Waals surface area contributed by atoms with Crippen LogP contribution in [0.4, 0.5) is 0 Å². The van der Waals surface area contributed by atoms with Crippen LogP contribution in [0.3, 0.4) is 0 Å². The molecule has 1 fully saturated rings. The van der Waals surface area contributed by atoms with Crippen LogP contribution >= 0.6 is 0 Å². The number of benzene rings is 1. The summed E-state index contributed by atoms with van der Waals surface area (Å²) in [6.45, 7) is 0. The highest BCUT2D eigenvalue weighted by Gasteiger charge is 2.26. The Balaban J connectivity index is 1.97. The van der Waals surface area contributed by atoms with Gasteiger partial charge in [0.2, 0.25) is 0 Å². The lowest BCUT2D eigenvalue weighted by Crippen LogP contribution is -2.26. The van der Waals surface area contributed by atoms with E-state index in [4.69, 9.17) is 4.74 Å². The van der Waals surface area contributed by atoms with Crippen LogP contribution < -0.4 is 4.74 Å². The molecule has 1 aromatic carbocycles. The molecule has 3 heteroatoms. The third kappa shape index (κ3) is 2.24. The third-order valence-electron chi connectivity index (χ3n) is 2.67. The van der Waals surface area contributed by atoms with E-state index in [9.17, 15) is 9.59 Å². The van der Waals surface area contributed by atoms with E-state index < -0.39 is 0 Å². The van der Waals surface area contributed by atoms with Crippen LogP contribution in [0.15, 0.2) is 24.3 Å². The average Bonchev–Trinajstić information content (AvgIpc) is 2.16. The summed E-state index contributed by atoms with van der Waals surface area (Å²) in [5.74, 6) is 0.438. The van der Waals surface area contributed by atoms with E-state index in [1.54, 1.807) is 24.3 Å². The van der Waals surface area contributed by atoms with E-state index in [1.165, 1.54) is 0 Å². The van der Waals surface area contributed by atoms with Crippen molar-refractivity contribution in [2.75, 3.05) is 0 Å². The second kappa shape index (κ2) is 4.26. The number of esters is 1. The zero-order chi connectivity index (χ0) is 10.7. The van der Waals surface area contributed by atoms with E-state index in [0.29, 0.717) is 11.3 Å². The van der Waals surface area contributed by atoms with Crippen LogP contribution in [0.2, 0.25) is 0 Å². The summed E-state index contributed by atoms with van der Waals surface area (Å²) in [4.78, 5) is 21.9. The number of hydrogen-bond donors (Lipinski definition) is 0. The topological polar surface area (TPSA) is 43.4 Å². The molecule has 0 unspecified atom stereocenters. The zero-order valence-corrected chi connectivity index (χ0v) is 8.31. The maximum atomic E-state index is 11.5. The Morgan fingerprint density at radius 2 is 1.93 bits per heavy atom. The minimum Gasteiger partial charge on any atom is -0.426 e. The van der Waals surface area contributed by atoms with Gasteiger partial charge in [0.15, 0.2) is 0 Å². The molecular formula is C12H12O3. The Kier molecular flexibility index (Phi) is 2.81. The Bertz CT molecular complexity index is 363. The molecule has 0 bridgehead atoms. The molecule has 0 saturated heterocycles. The predicted octanol–water partition coefficient (Wildman–Crippen LogP) is 2.20. The molecule has 1 aliphatic rings. The first-order valence-electron chi connectivity index (χ1n) is 5.06. The van der Waals surface area contributed by atoms with Crippen molar-refractivity contribution in [1.82, 2.24) is 0 Å². The van der Waals surface area contributed by atoms with Crippen molar-refractivity contribution in [3.63, 3.8) is 0 Å². The minimum atomic E-state index is -0.153. The van der Waals surface area contributed by atoms with E-state index >= 15 is 0 Å². The van der Waals surface area contributed by atoms with Gasteiger partial charge in [-0.2, -0.15) is 0 Å². The fourth-order valence-electron chi connectivity index (χ4n) is 1.46. The summed E-state index contributed by atoms with van der Waals surface area (Å²) < 4.78 is 5.16. The molecule has 1 saturated carbocycles. The van der Waals surface area contributed by atoms with Crippen LogP contribution in [0, 0.1) is 5.92 Å². The van der Waals surface area contributed by atoms with Gasteiger partial charge in [-0.15, -0.1) is 0 Å². The van der Waals surface area contributed by atoms with Gasteiger partial charge in [0.05, 0.1) is 5.92 Å². The Morgan fingerprint density at radius 3 is 2.40 bits per heavy atom. The summed E-state index contributed by atoms with van der Waals surface area (Å²) in [7, 11) is 0. The number of ether oxygens (including phenoxy) is 1. The maximum Gasteiger partial charge on any atom is 0.314 e. The minimum absolute atomic E-state index is 0.0794. The molecule has 1 aliphatic carbocycles. The lowest BCUT2D eigenvalue weighted by atomic mass is 9.86. The zero-order valence-electron chi connectivity index (χ0n) is 8.31. The Hall–Kier alpha value is -1.64. The molecule has 15 heavy (non-hydrogen) atoms. The van der Waals surface area contributed by atoms with Gasteiger partial charge in [-0.1, -0.05) is 6.42 Å². The summed E-state index contributed by atoms with van der Waals surface area (Å²) in [5, 5.41) is 0. The molecule has 0 aromatic heterocycles. The van der Waals surface area contributed by atoms with Crippen molar-refractivity contribution < 1.29 is 14.3 Å². The van der Waals surface area contributed by atoms with Crippen LogP contribution in [-0.2, 0) is 4.79 Å². The predicted molar refractivity (Wildman–Crippen MR) is 54.8 cm³/mol. The first-order chi connectivity index (χ1) is 7.29. The number of carbonyl (C=O) groups is 2. The van der Waals surface area contributed by atoms with Gasteiger partial charge in [-0.3, -0.25) is 9.59 Å². The molecule has 78 valence electrons. The number of carbonyl (C=O) groups excluding carboxylic acids is 2. The highest BCUT2D eigenvalue weighted by Crippen LogP contribution is 2.28. The van der Waals surface area contributed by atoms with Crippen molar-refractivity contribution in [3.8, 4) is 5.75 Å². The van der Waals surface area contributed by atoms with Crippen molar-refractivity contribution in [2.24, 2.45) is 5.92 Å². The molecule has 3 nitrogen and oxygen atoms in total. The number of hydrogen-bond acceptors (Lipinski definition) is 3. The van der Waals surface area contributed by atoms with Gasteiger partial charge in [0.1, 0.15) is 12.0 Å². The van der Waals surface area contributed by atoms with Crippen molar-refractivity contribution >= 4 is 12.3 Å². The Labute approximate surface area is 88.1 Å². The van der Waals surface area contributed by atoms with Gasteiger partial charge in [0, 0.05) is 5.56 Å². The first-order valence-corrected chi connectivity index (χ1v) is 5.06. The SMILES string of the molecule is O=Cc1ccc(OC(=O)C2CCC2)cc1. The fraction of sp³-hybridized carbons (Fsp3) is 0.333. The smallest absolute Gasteiger partial charge is 0.314 e. The molecule has 2 rings (SSSR count). The van der Waals surface area contributed by atoms with E-state index in [0.717, 1.165) is 25.5 Å². The van der Waals surface area contributed by atoms with Gasteiger partial charge >= 0.3 is 5.97 Å². The van der Waals surface area contributed by atoms with E-state index in [2.05, 4.69) is 0 Å². The second-order valence-electron chi connectivity index (χ2n) is 3.74. The van der Waals surface area contributed by atoms with Gasteiger partial charge in [-0.05, 0) is 37.1 Å². The number of aldehydes is 1. The second-order valence-corrected chi connectivity index (χ2v) is 3.74. The van der Waals surface area contributed by atoms with E-state index in [1.807, 2.05) is 0 Å². The van der Waals surface area contributed by atoms with E-state index in [-0.39, 0.29) is 11.9 Å². The third-order valence-corrected chi connectivity index (χ3v) is 2.67. The average molecular weight is 204 g/mol. The normalized spacial score (nSPS) is 15.5. The highest BCUT2D eigenvalue weighted by atomic mass is 16.5.